The van der Waals surface area contributed by atoms with Crippen LogP contribution in [0.4, 0.5) is 10.5 Å². The van der Waals surface area contributed by atoms with Gasteiger partial charge in [-0.05, 0) is 95.9 Å². The Morgan fingerprint density at radius 3 is 2.29 bits per heavy atom. The van der Waals surface area contributed by atoms with E-state index >= 15 is 0 Å². The van der Waals surface area contributed by atoms with Crippen molar-refractivity contribution in [1.82, 2.24) is 9.88 Å². The molecule has 7 rings (SSSR count). The Morgan fingerprint density at radius 1 is 0.923 bits per heavy atom. The fraction of sp³-hybridized carbons (Fsp3) is 0.390. The molecular weight excluding hydrogens is 701 g/mol. The van der Waals surface area contributed by atoms with E-state index in [0.29, 0.717) is 44.2 Å². The highest BCUT2D eigenvalue weighted by molar-refractivity contribution is 6.35. The second-order valence-corrected chi connectivity index (χ2v) is 15.3. The molecule has 0 N–H and O–H groups in total. The number of rotatable bonds is 11. The molecule has 0 radical (unpaired) electrons. The minimum absolute atomic E-state index is 0.125. The third-order valence-electron chi connectivity index (χ3n) is 9.97. The first-order chi connectivity index (χ1) is 24.9. The minimum atomic E-state index is -0.790. The zero-order valence-electron chi connectivity index (χ0n) is 30.2. The van der Waals surface area contributed by atoms with E-state index in [0.717, 1.165) is 49.3 Å². The maximum Gasteiger partial charge on any atom is 0.414 e. The van der Waals surface area contributed by atoms with Crippen molar-refractivity contribution in [1.29, 1.82) is 0 Å². The van der Waals surface area contributed by atoms with Crippen LogP contribution >= 0.6 is 23.2 Å². The molecule has 0 saturated carbocycles. The molecule has 3 aromatic carbocycles. The Bertz CT molecular complexity index is 1890. The van der Waals surface area contributed by atoms with E-state index in [2.05, 4.69) is 36.7 Å². The van der Waals surface area contributed by atoms with E-state index in [-0.39, 0.29) is 24.5 Å². The highest BCUT2D eigenvalue weighted by Crippen LogP contribution is 2.36. The summed E-state index contributed by atoms with van der Waals surface area (Å²) in [6.45, 7) is 9.47. The molecule has 1 aromatic heterocycles. The summed E-state index contributed by atoms with van der Waals surface area (Å²) in [6.07, 6.45) is 3.91. The highest BCUT2D eigenvalue weighted by atomic mass is 35.5. The molecule has 2 bridgehead atoms. The van der Waals surface area contributed by atoms with E-state index in [1.807, 2.05) is 30.3 Å². The average molecular weight is 747 g/mol. The maximum absolute atomic E-state index is 14.0. The van der Waals surface area contributed by atoms with Gasteiger partial charge in [-0.25, -0.2) is 9.59 Å². The summed E-state index contributed by atoms with van der Waals surface area (Å²) in [4.78, 5) is 36.1. The van der Waals surface area contributed by atoms with E-state index in [4.69, 9.17) is 42.1 Å². The zero-order chi connectivity index (χ0) is 37.0. The van der Waals surface area contributed by atoms with Gasteiger partial charge in [0.15, 0.2) is 11.5 Å². The van der Waals surface area contributed by atoms with Crippen LogP contribution in [0.15, 0.2) is 79.1 Å². The van der Waals surface area contributed by atoms with Gasteiger partial charge in [0.25, 0.3) is 0 Å². The van der Waals surface area contributed by atoms with Crippen LogP contribution in [0.5, 0.6) is 11.5 Å². The molecule has 3 aliphatic rings. The Kier molecular flexibility index (Phi) is 11.6. The first kappa shape index (κ1) is 37.4. The van der Waals surface area contributed by atoms with Crippen molar-refractivity contribution in [3.63, 3.8) is 0 Å². The summed E-state index contributed by atoms with van der Waals surface area (Å²) in [7, 11) is 3.10. The molecule has 52 heavy (non-hydrogen) atoms. The number of halogens is 2. The molecule has 4 heterocycles. The summed E-state index contributed by atoms with van der Waals surface area (Å²) in [6, 6.07) is 20.5. The molecule has 4 aromatic rings. The molecule has 3 aliphatic heterocycles. The zero-order valence-corrected chi connectivity index (χ0v) is 31.7. The number of piperidine rings is 3. The van der Waals surface area contributed by atoms with Gasteiger partial charge in [-0.3, -0.25) is 14.8 Å². The second kappa shape index (κ2) is 16.1. The molecule has 0 unspecified atom stereocenters. The summed E-state index contributed by atoms with van der Waals surface area (Å²) in [5.41, 5.74) is 4.01. The maximum atomic E-state index is 14.0. The van der Waals surface area contributed by atoms with Crippen molar-refractivity contribution >= 4 is 41.0 Å². The van der Waals surface area contributed by atoms with Gasteiger partial charge in [0.2, 0.25) is 0 Å². The van der Waals surface area contributed by atoms with Crippen molar-refractivity contribution in [3.8, 4) is 11.5 Å². The number of esters is 1. The number of fused-ring (bicyclic) bond motifs is 3. The molecule has 0 spiro atoms. The number of nitrogens with zero attached hydrogens (tertiary/aromatic N) is 3. The number of benzene rings is 3. The van der Waals surface area contributed by atoms with Gasteiger partial charge in [0.1, 0.15) is 12.2 Å². The van der Waals surface area contributed by atoms with E-state index in [9.17, 15) is 9.59 Å². The third-order valence-corrected chi connectivity index (χ3v) is 10.6. The van der Waals surface area contributed by atoms with E-state index in [1.165, 1.54) is 12.4 Å². The smallest absolute Gasteiger partial charge is 0.414 e. The van der Waals surface area contributed by atoms with E-state index in [1.54, 1.807) is 49.5 Å². The molecule has 3 saturated heterocycles. The lowest BCUT2D eigenvalue weighted by atomic mass is 9.86. The monoisotopic (exact) mass is 745 g/mol. The van der Waals surface area contributed by atoms with Gasteiger partial charge in [-0.1, -0.05) is 74.3 Å². The van der Waals surface area contributed by atoms with Gasteiger partial charge in [0.05, 0.1) is 36.4 Å². The number of anilines is 1. The highest BCUT2D eigenvalue weighted by Gasteiger charge is 2.37. The van der Waals surface area contributed by atoms with Crippen LogP contribution < -0.4 is 14.4 Å². The van der Waals surface area contributed by atoms with Crippen molar-refractivity contribution in [3.05, 3.63) is 117 Å². The number of methoxy groups -OCH3 is 2. The first-order valence-corrected chi connectivity index (χ1v) is 18.3. The van der Waals surface area contributed by atoms with Crippen molar-refractivity contribution in [2.45, 2.75) is 64.2 Å². The Hall–Kier alpha value is -4.31. The van der Waals surface area contributed by atoms with Gasteiger partial charge in [-0.2, -0.15) is 0 Å². The molecule has 11 heteroatoms. The third kappa shape index (κ3) is 8.65. The number of ether oxygens (including phenoxy) is 4. The SMILES string of the molecule is COc1ccc([C@H](Cc2c(Cl)cncc2Cl)OC(=O)c2cccc(CN(C(=O)O[C@H]3CN4CCC3CC4)c3cccc(C(C)(C)C)c3)c2)cc1OC. The standard InChI is InChI=1S/C41H45Cl2N3O6/c1-41(2,3)30-10-7-11-31(20-30)46(40(48)52-38-25-45-16-14-27(38)15-17-45)24-26-8-6-9-29(18-26)39(47)51-36(21-32-33(42)22-44-23-34(32)43)28-12-13-35(49-4)37(19-28)50-5/h6-13,18-20,22-23,27,36,38H,14-17,21,24-25H2,1-5H3/t36-,38-/m0/s1. The fourth-order valence-corrected chi connectivity index (χ4v) is 7.43. The lowest BCUT2D eigenvalue weighted by Crippen LogP contribution is -2.53. The van der Waals surface area contributed by atoms with Crippen molar-refractivity contribution in [2.75, 3.05) is 38.8 Å². The summed E-state index contributed by atoms with van der Waals surface area (Å²) in [5.74, 6) is 0.828. The fourth-order valence-electron chi connectivity index (χ4n) is 6.91. The lowest BCUT2D eigenvalue weighted by molar-refractivity contribution is -0.0311. The molecule has 2 atom stereocenters. The van der Waals surface area contributed by atoms with Crippen LogP contribution in [0.2, 0.25) is 10.0 Å². The van der Waals surface area contributed by atoms with Crippen LogP contribution in [0.1, 0.15) is 72.3 Å². The first-order valence-electron chi connectivity index (χ1n) is 17.5. The number of carbonyl (C=O) groups excluding carboxylic acids is 2. The number of aromatic nitrogens is 1. The lowest BCUT2D eigenvalue weighted by Gasteiger charge is -2.44. The van der Waals surface area contributed by atoms with Crippen LogP contribution in [0, 0.1) is 5.92 Å². The number of hydrogen-bond acceptors (Lipinski definition) is 8. The minimum Gasteiger partial charge on any atom is -0.493 e. The molecular formula is C41H45Cl2N3O6. The largest absolute Gasteiger partial charge is 0.493 e. The summed E-state index contributed by atoms with van der Waals surface area (Å²) in [5, 5.41) is 0.716. The number of amides is 1. The van der Waals surface area contributed by atoms with Crippen LogP contribution in [-0.4, -0.2) is 61.9 Å². The van der Waals surface area contributed by atoms with Crippen molar-refractivity contribution < 1.29 is 28.5 Å². The average Bonchev–Trinajstić information content (AvgIpc) is 3.14. The van der Waals surface area contributed by atoms with Crippen LogP contribution in [0.25, 0.3) is 0 Å². The number of hydrogen-bond donors (Lipinski definition) is 0. The molecule has 3 fully saturated rings. The van der Waals surface area contributed by atoms with Crippen molar-refractivity contribution in [2.24, 2.45) is 5.92 Å². The van der Waals surface area contributed by atoms with E-state index < -0.39 is 18.2 Å². The van der Waals surface area contributed by atoms with Gasteiger partial charge in [0, 0.05) is 31.0 Å². The topological polar surface area (TPSA) is 90.4 Å². The predicted molar refractivity (Wildman–Crippen MR) is 203 cm³/mol. The predicted octanol–water partition coefficient (Wildman–Crippen LogP) is 9.08. The van der Waals surface area contributed by atoms with Gasteiger partial charge >= 0.3 is 12.1 Å². The Labute approximate surface area is 315 Å². The summed E-state index contributed by atoms with van der Waals surface area (Å²) >= 11 is 13.0. The van der Waals surface area contributed by atoms with Gasteiger partial charge < -0.3 is 18.9 Å². The number of pyridine rings is 1. The molecule has 1 amide bonds. The second-order valence-electron chi connectivity index (χ2n) is 14.4. The molecule has 9 nitrogen and oxygen atoms in total. The normalized spacial score (nSPS) is 18.7. The van der Waals surface area contributed by atoms with Crippen LogP contribution in [0.3, 0.4) is 0 Å². The Balaban J connectivity index is 1.28. The number of carbonyl (C=O) groups is 2. The summed E-state index contributed by atoms with van der Waals surface area (Å²) < 4.78 is 23.4. The van der Waals surface area contributed by atoms with Gasteiger partial charge in [-0.15, -0.1) is 0 Å². The molecule has 0 aliphatic carbocycles. The van der Waals surface area contributed by atoms with Crippen LogP contribution in [-0.2, 0) is 27.9 Å². The quantitative estimate of drug-likeness (QED) is 0.141. The Morgan fingerprint density at radius 2 is 1.63 bits per heavy atom. The molecule has 274 valence electrons.